The van der Waals surface area contributed by atoms with Crippen LogP contribution in [-0.2, 0) is 16.4 Å². The highest BCUT2D eigenvalue weighted by Gasteiger charge is 2.24. The summed E-state index contributed by atoms with van der Waals surface area (Å²) in [5, 5.41) is 3.04. The molecule has 2 N–H and O–H groups in total. The van der Waals surface area contributed by atoms with Gasteiger partial charge in [-0.3, -0.25) is 4.79 Å². The minimum Gasteiger partial charge on any atom is -0.495 e. The molecule has 7 heteroatoms. The van der Waals surface area contributed by atoms with Crippen molar-refractivity contribution >= 4 is 15.9 Å². The molecule has 0 heterocycles. The van der Waals surface area contributed by atoms with Crippen LogP contribution in [0.4, 0.5) is 0 Å². The van der Waals surface area contributed by atoms with E-state index in [9.17, 15) is 13.2 Å². The van der Waals surface area contributed by atoms with Gasteiger partial charge in [0.05, 0.1) is 13.2 Å². The molecular formula is C20H24N2O4S. The number of sulfonamides is 1. The maximum Gasteiger partial charge on any atom is 0.251 e. The van der Waals surface area contributed by atoms with Crippen molar-refractivity contribution in [1.29, 1.82) is 0 Å². The molecule has 0 bridgehead atoms. The first-order chi connectivity index (χ1) is 13.0. The van der Waals surface area contributed by atoms with Gasteiger partial charge in [0.15, 0.2) is 0 Å². The Labute approximate surface area is 160 Å². The van der Waals surface area contributed by atoms with Crippen molar-refractivity contribution in [3.8, 4) is 5.75 Å². The fourth-order valence-corrected chi connectivity index (χ4v) is 4.68. The van der Waals surface area contributed by atoms with E-state index in [1.807, 2.05) is 18.2 Å². The highest BCUT2D eigenvalue weighted by Crippen LogP contribution is 2.30. The first-order valence-electron chi connectivity index (χ1n) is 9.02. The quantitative estimate of drug-likeness (QED) is 0.797. The number of aryl methyl sites for hydroxylation is 1. The lowest BCUT2D eigenvalue weighted by molar-refractivity contribution is 0.0932. The van der Waals surface area contributed by atoms with Crippen LogP contribution in [0.15, 0.2) is 47.4 Å². The lowest BCUT2D eigenvalue weighted by atomic mass is 9.87. The second-order valence-electron chi connectivity index (χ2n) is 6.48. The van der Waals surface area contributed by atoms with E-state index in [1.54, 1.807) is 13.0 Å². The summed E-state index contributed by atoms with van der Waals surface area (Å²) in [6, 6.07) is 12.5. The molecule has 0 spiro atoms. The number of nitrogens with one attached hydrogen (secondary N) is 2. The van der Waals surface area contributed by atoms with Gasteiger partial charge in [-0.05, 0) is 48.6 Å². The molecule has 27 heavy (non-hydrogen) atoms. The lowest BCUT2D eigenvalue weighted by Crippen LogP contribution is -2.31. The van der Waals surface area contributed by atoms with Crippen LogP contribution >= 0.6 is 0 Å². The number of hydrogen-bond acceptors (Lipinski definition) is 4. The molecule has 2 aromatic rings. The van der Waals surface area contributed by atoms with E-state index >= 15 is 0 Å². The maximum atomic E-state index is 12.8. The topological polar surface area (TPSA) is 84.5 Å². The largest absolute Gasteiger partial charge is 0.495 e. The van der Waals surface area contributed by atoms with Crippen LogP contribution in [0.5, 0.6) is 5.75 Å². The fraction of sp³-hybridized carbons (Fsp3) is 0.350. The van der Waals surface area contributed by atoms with Crippen LogP contribution in [0.3, 0.4) is 0 Å². The molecule has 144 valence electrons. The Morgan fingerprint density at radius 2 is 2.00 bits per heavy atom. The standard InChI is InChI=1S/C20H24N2O4S/c1-3-21-27(24,25)19-13-15(11-12-18(19)26-2)20(23)22-17-10-6-8-14-7-4-5-9-16(14)17/h4-5,7,9,11-13,17,21H,3,6,8,10H2,1-2H3,(H,22,23). The molecule has 1 aliphatic carbocycles. The molecule has 3 rings (SSSR count). The van der Waals surface area contributed by atoms with Gasteiger partial charge in [-0.2, -0.15) is 0 Å². The third-order valence-corrected chi connectivity index (χ3v) is 6.29. The minimum absolute atomic E-state index is 0.0384. The highest BCUT2D eigenvalue weighted by molar-refractivity contribution is 7.89. The van der Waals surface area contributed by atoms with Gasteiger partial charge in [0.25, 0.3) is 5.91 Å². The van der Waals surface area contributed by atoms with E-state index in [0.717, 1.165) is 24.8 Å². The zero-order chi connectivity index (χ0) is 19.4. The van der Waals surface area contributed by atoms with E-state index < -0.39 is 10.0 Å². The zero-order valence-electron chi connectivity index (χ0n) is 15.5. The summed E-state index contributed by atoms with van der Waals surface area (Å²) in [6.45, 7) is 1.95. The summed E-state index contributed by atoms with van der Waals surface area (Å²) in [5.74, 6) is -0.0946. The molecule has 0 fully saturated rings. The van der Waals surface area contributed by atoms with E-state index in [1.165, 1.54) is 24.8 Å². The normalized spacial score (nSPS) is 16.4. The van der Waals surface area contributed by atoms with Gasteiger partial charge in [0.1, 0.15) is 10.6 Å². The van der Waals surface area contributed by atoms with E-state index in [2.05, 4.69) is 16.1 Å². The van der Waals surface area contributed by atoms with Gasteiger partial charge in [-0.1, -0.05) is 31.2 Å². The Morgan fingerprint density at radius 3 is 2.74 bits per heavy atom. The molecule has 1 atom stereocenters. The number of fused-ring (bicyclic) bond motifs is 1. The summed E-state index contributed by atoms with van der Waals surface area (Å²) in [4.78, 5) is 12.8. The number of benzene rings is 2. The number of hydrogen-bond donors (Lipinski definition) is 2. The molecular weight excluding hydrogens is 364 g/mol. The van der Waals surface area contributed by atoms with Crippen molar-refractivity contribution in [2.24, 2.45) is 0 Å². The van der Waals surface area contributed by atoms with Crippen LogP contribution in [0.1, 0.15) is 47.3 Å². The molecule has 0 saturated carbocycles. The van der Waals surface area contributed by atoms with Gasteiger partial charge >= 0.3 is 0 Å². The first kappa shape index (κ1) is 19.4. The number of carbonyl (C=O) groups excluding carboxylic acids is 1. The number of ether oxygens (including phenoxy) is 1. The van der Waals surface area contributed by atoms with Crippen molar-refractivity contribution in [1.82, 2.24) is 10.0 Å². The Hall–Kier alpha value is -2.38. The number of amides is 1. The van der Waals surface area contributed by atoms with Crippen LogP contribution in [0, 0.1) is 0 Å². The molecule has 0 saturated heterocycles. The van der Waals surface area contributed by atoms with E-state index in [0.29, 0.717) is 0 Å². The monoisotopic (exact) mass is 388 g/mol. The van der Waals surface area contributed by atoms with E-state index in [4.69, 9.17) is 4.74 Å². The summed E-state index contributed by atoms with van der Waals surface area (Å²) >= 11 is 0. The van der Waals surface area contributed by atoms with Gasteiger partial charge in [0.2, 0.25) is 10.0 Å². The number of rotatable bonds is 6. The minimum atomic E-state index is -3.75. The molecule has 1 aliphatic rings. The molecule has 1 amide bonds. The Kier molecular flexibility index (Phi) is 5.82. The zero-order valence-corrected chi connectivity index (χ0v) is 16.3. The first-order valence-corrected chi connectivity index (χ1v) is 10.5. The Balaban J connectivity index is 1.88. The number of methoxy groups -OCH3 is 1. The van der Waals surface area contributed by atoms with Crippen molar-refractivity contribution in [3.05, 3.63) is 59.2 Å². The Morgan fingerprint density at radius 1 is 1.22 bits per heavy atom. The van der Waals surface area contributed by atoms with Gasteiger partial charge in [-0.25, -0.2) is 13.1 Å². The summed E-state index contributed by atoms with van der Waals surface area (Å²) < 4.78 is 32.4. The third-order valence-electron chi connectivity index (χ3n) is 4.72. The maximum absolute atomic E-state index is 12.8. The van der Waals surface area contributed by atoms with Crippen LogP contribution in [-0.4, -0.2) is 28.0 Å². The summed E-state index contributed by atoms with van der Waals surface area (Å²) in [7, 11) is -2.34. The van der Waals surface area contributed by atoms with Gasteiger partial charge < -0.3 is 10.1 Å². The highest BCUT2D eigenvalue weighted by atomic mass is 32.2. The van der Waals surface area contributed by atoms with Crippen LogP contribution in [0.2, 0.25) is 0 Å². The second-order valence-corrected chi connectivity index (χ2v) is 8.22. The molecule has 0 radical (unpaired) electrons. The average molecular weight is 388 g/mol. The molecule has 0 aromatic heterocycles. The Bertz CT molecular complexity index is 941. The van der Waals surface area contributed by atoms with Crippen molar-refractivity contribution < 1.29 is 17.9 Å². The van der Waals surface area contributed by atoms with Crippen molar-refractivity contribution in [3.63, 3.8) is 0 Å². The molecule has 6 nitrogen and oxygen atoms in total. The number of carbonyl (C=O) groups is 1. The lowest BCUT2D eigenvalue weighted by Gasteiger charge is -2.26. The summed E-state index contributed by atoms with van der Waals surface area (Å²) in [6.07, 6.45) is 2.88. The van der Waals surface area contributed by atoms with Crippen LogP contribution < -0.4 is 14.8 Å². The van der Waals surface area contributed by atoms with Crippen LogP contribution in [0.25, 0.3) is 0 Å². The SMILES string of the molecule is CCNS(=O)(=O)c1cc(C(=O)NC2CCCc3ccccc32)ccc1OC. The predicted octanol–water partition coefficient (Wildman–Crippen LogP) is 2.80. The molecule has 0 aliphatic heterocycles. The third kappa shape index (κ3) is 4.14. The smallest absolute Gasteiger partial charge is 0.251 e. The summed E-state index contributed by atoms with van der Waals surface area (Å²) in [5.41, 5.74) is 2.67. The molecule has 1 unspecified atom stereocenters. The van der Waals surface area contributed by atoms with Gasteiger partial charge in [0, 0.05) is 12.1 Å². The van der Waals surface area contributed by atoms with Crippen molar-refractivity contribution in [2.75, 3.05) is 13.7 Å². The van der Waals surface area contributed by atoms with Crippen molar-refractivity contribution in [2.45, 2.75) is 37.1 Å². The van der Waals surface area contributed by atoms with Gasteiger partial charge in [-0.15, -0.1) is 0 Å². The van der Waals surface area contributed by atoms with E-state index in [-0.39, 0.29) is 34.7 Å². The fourth-order valence-electron chi connectivity index (χ4n) is 3.44. The average Bonchev–Trinajstić information content (AvgIpc) is 2.67. The predicted molar refractivity (Wildman–Crippen MR) is 103 cm³/mol. The molecule has 2 aromatic carbocycles. The second kappa shape index (κ2) is 8.10.